The van der Waals surface area contributed by atoms with Crippen LogP contribution in [0, 0.1) is 70.0 Å². The molecule has 0 aromatic heterocycles. The van der Waals surface area contributed by atoms with Crippen molar-refractivity contribution in [2.24, 2.45) is 70.0 Å². The first kappa shape index (κ1) is 38.2. The van der Waals surface area contributed by atoms with Gasteiger partial charge in [-0.1, -0.05) is 52.7 Å². The number of ether oxygens (including phenoxy) is 4. The van der Waals surface area contributed by atoms with E-state index in [0.717, 1.165) is 29.7 Å². The van der Waals surface area contributed by atoms with Gasteiger partial charge in [0, 0.05) is 41.2 Å². The van der Waals surface area contributed by atoms with Crippen molar-refractivity contribution in [2.45, 2.75) is 154 Å². The van der Waals surface area contributed by atoms with Crippen molar-refractivity contribution >= 4 is 23.9 Å². The molecule has 0 aliphatic heterocycles. The fourth-order valence-corrected chi connectivity index (χ4v) is 15.8. The van der Waals surface area contributed by atoms with Crippen LogP contribution in [0.4, 0.5) is 0 Å². The number of hydrogen-bond acceptors (Lipinski definition) is 8. The molecule has 0 saturated heterocycles. The first-order valence-electron chi connectivity index (χ1n) is 21.8. The lowest BCUT2D eigenvalue weighted by Gasteiger charge is -2.66. The molecule has 8 heteroatoms. The Kier molecular flexibility index (Phi) is 10.2. The van der Waals surface area contributed by atoms with Gasteiger partial charge in [0.05, 0.1) is 0 Å². The Morgan fingerprint density at radius 3 is 1.59 bits per heavy atom. The van der Waals surface area contributed by atoms with Gasteiger partial charge in [-0.3, -0.25) is 0 Å². The summed E-state index contributed by atoms with van der Waals surface area (Å²) in [5.74, 6) is 4.35. The lowest BCUT2D eigenvalue weighted by molar-refractivity contribution is -0.249. The largest absolute Gasteiger partial charge is 0.456 e. The molecule has 0 spiro atoms. The quantitative estimate of drug-likeness (QED) is 0.124. The third-order valence-electron chi connectivity index (χ3n) is 16.9. The Morgan fingerprint density at radius 2 is 1.13 bits per heavy atom. The summed E-state index contributed by atoms with van der Waals surface area (Å²) in [6.07, 6.45) is 24.8. The Balaban J connectivity index is 0.000000154. The normalized spacial score (nSPS) is 44.9. The minimum Gasteiger partial charge on any atom is -0.456 e. The van der Waals surface area contributed by atoms with Crippen LogP contribution in [0.15, 0.2) is 24.8 Å². The maximum atomic E-state index is 12.9. The Bertz CT molecular complexity index is 1490. The zero-order valence-electron chi connectivity index (χ0n) is 33.4. The van der Waals surface area contributed by atoms with E-state index in [2.05, 4.69) is 27.0 Å². The molecule has 0 radical (unpaired) electrons. The molecule has 54 heavy (non-hydrogen) atoms. The van der Waals surface area contributed by atoms with Crippen LogP contribution in [-0.2, 0) is 38.1 Å². The summed E-state index contributed by atoms with van der Waals surface area (Å²) in [6, 6.07) is 0. The summed E-state index contributed by atoms with van der Waals surface area (Å²) < 4.78 is 22.9. The van der Waals surface area contributed by atoms with Crippen LogP contribution in [0.5, 0.6) is 0 Å². The van der Waals surface area contributed by atoms with E-state index in [9.17, 15) is 19.2 Å². The lowest BCUT2D eigenvalue weighted by atomic mass is 9.42. The van der Waals surface area contributed by atoms with E-state index in [-0.39, 0.29) is 36.4 Å². The predicted octanol–water partition coefficient (Wildman–Crippen LogP) is 9.09. The maximum Gasteiger partial charge on any atom is 0.344 e. The standard InChI is InChI=1S/C24H34O4.C22H32O4/c1-14(2)22(26)27-13-21(25)28-24(20-9-15-4-5-17(20)6-15)18-7-16-8-19(24)12-23(3,10-16)11-18;1-3-19(23)25-14-20(24)26-22(16-7-5-4-6-8-16)17-9-15-10-18(22)13-21(2,11-15)12-17/h15-20H,1,4-13H2,2-3H3;3,15-18H,1,4-14H2,2H3. The Labute approximate surface area is 323 Å². The smallest absolute Gasteiger partial charge is 0.344 e. The summed E-state index contributed by atoms with van der Waals surface area (Å²) in [7, 11) is 0. The van der Waals surface area contributed by atoms with Gasteiger partial charge in [0.15, 0.2) is 13.2 Å². The van der Waals surface area contributed by atoms with Crippen molar-refractivity contribution in [3.63, 3.8) is 0 Å². The van der Waals surface area contributed by atoms with Gasteiger partial charge in [-0.05, 0) is 144 Å². The number of fused-ring (bicyclic) bond motifs is 2. The first-order valence-corrected chi connectivity index (χ1v) is 21.8. The molecule has 0 aromatic rings. The van der Waals surface area contributed by atoms with Crippen LogP contribution in [0.3, 0.4) is 0 Å². The van der Waals surface area contributed by atoms with Gasteiger partial charge >= 0.3 is 23.9 Å². The molecular formula is C46H66O8. The van der Waals surface area contributed by atoms with Crippen LogP contribution >= 0.6 is 0 Å². The zero-order chi connectivity index (χ0) is 38.0. The van der Waals surface area contributed by atoms with E-state index in [1.807, 2.05) is 0 Å². The molecule has 11 aliphatic rings. The van der Waals surface area contributed by atoms with E-state index in [1.54, 1.807) is 6.92 Å². The highest BCUT2D eigenvalue weighted by atomic mass is 16.6. The fourth-order valence-electron chi connectivity index (χ4n) is 15.8. The molecule has 298 valence electrons. The van der Waals surface area contributed by atoms with Crippen LogP contribution in [-0.4, -0.2) is 48.3 Å². The van der Waals surface area contributed by atoms with Crippen molar-refractivity contribution in [2.75, 3.05) is 13.2 Å². The van der Waals surface area contributed by atoms with Crippen molar-refractivity contribution in [1.29, 1.82) is 0 Å². The molecule has 11 rings (SSSR count). The van der Waals surface area contributed by atoms with Crippen LogP contribution in [0.2, 0.25) is 0 Å². The van der Waals surface area contributed by atoms with Crippen molar-refractivity contribution in [1.82, 2.24) is 0 Å². The summed E-state index contributed by atoms with van der Waals surface area (Å²) in [4.78, 5) is 48.6. The van der Waals surface area contributed by atoms with Gasteiger partial charge in [0.25, 0.3) is 0 Å². The highest BCUT2D eigenvalue weighted by molar-refractivity contribution is 5.88. The Morgan fingerprint density at radius 1 is 0.611 bits per heavy atom. The minimum atomic E-state index is -0.564. The molecule has 7 atom stereocenters. The molecule has 0 N–H and O–H groups in total. The van der Waals surface area contributed by atoms with Gasteiger partial charge in [-0.25, -0.2) is 19.2 Å². The molecule has 0 amide bonds. The number of hydrogen-bond donors (Lipinski definition) is 0. The summed E-state index contributed by atoms with van der Waals surface area (Å²) in [6.45, 7) is 12.9. The van der Waals surface area contributed by atoms with Crippen molar-refractivity contribution in [3.8, 4) is 0 Å². The monoisotopic (exact) mass is 746 g/mol. The average Bonchev–Trinajstić information content (AvgIpc) is 3.77. The fraction of sp³-hybridized carbons (Fsp3) is 0.826. The lowest BCUT2D eigenvalue weighted by Crippen LogP contribution is -2.66. The molecule has 11 aliphatic carbocycles. The van der Waals surface area contributed by atoms with Crippen molar-refractivity contribution < 1.29 is 38.1 Å². The number of carbonyl (C=O) groups is 4. The maximum absolute atomic E-state index is 12.9. The van der Waals surface area contributed by atoms with Crippen LogP contribution < -0.4 is 0 Å². The molecule has 11 saturated carbocycles. The second-order valence-corrected chi connectivity index (χ2v) is 20.7. The highest BCUT2D eigenvalue weighted by Crippen LogP contribution is 2.70. The van der Waals surface area contributed by atoms with Crippen LogP contribution in [0.25, 0.3) is 0 Å². The predicted molar refractivity (Wildman–Crippen MR) is 203 cm³/mol. The summed E-state index contributed by atoms with van der Waals surface area (Å²) in [5, 5.41) is 0. The third-order valence-corrected chi connectivity index (χ3v) is 16.9. The van der Waals surface area contributed by atoms with E-state index < -0.39 is 11.9 Å². The molecule has 10 bridgehead atoms. The third kappa shape index (κ3) is 6.79. The molecule has 8 nitrogen and oxygen atoms in total. The van der Waals surface area contributed by atoms with Gasteiger partial charge in [0.2, 0.25) is 0 Å². The van der Waals surface area contributed by atoms with Crippen LogP contribution in [0.1, 0.15) is 143 Å². The Hall–Kier alpha value is -2.64. The molecule has 11 fully saturated rings. The SMILES string of the molecule is C=C(C)C(=O)OCC(=O)OC1(C2CC3CCC2C3)C2CC3CC1CC(C)(C3)C2.C=CC(=O)OCC(=O)OC1(C2CCCCC2)C2CC3CC1CC(C)(C3)C2. The first-order chi connectivity index (χ1) is 25.7. The molecule has 0 aromatic carbocycles. The average molecular weight is 747 g/mol. The summed E-state index contributed by atoms with van der Waals surface area (Å²) >= 11 is 0. The molecule has 7 unspecified atom stereocenters. The van der Waals surface area contributed by atoms with E-state index in [4.69, 9.17) is 18.9 Å². The van der Waals surface area contributed by atoms with E-state index in [1.165, 1.54) is 122 Å². The number of esters is 4. The number of carbonyl (C=O) groups excluding carboxylic acids is 4. The molecular weight excluding hydrogens is 680 g/mol. The van der Waals surface area contributed by atoms with E-state index in [0.29, 0.717) is 51.9 Å². The van der Waals surface area contributed by atoms with Gasteiger partial charge in [0.1, 0.15) is 11.2 Å². The second kappa shape index (κ2) is 14.4. The topological polar surface area (TPSA) is 105 Å². The van der Waals surface area contributed by atoms with Gasteiger partial charge < -0.3 is 18.9 Å². The van der Waals surface area contributed by atoms with E-state index >= 15 is 0 Å². The number of rotatable bonds is 10. The second-order valence-electron chi connectivity index (χ2n) is 20.7. The molecule has 0 heterocycles. The summed E-state index contributed by atoms with van der Waals surface area (Å²) in [5.41, 5.74) is 0.586. The highest BCUT2D eigenvalue weighted by Gasteiger charge is 2.68. The van der Waals surface area contributed by atoms with Gasteiger partial charge in [-0.15, -0.1) is 0 Å². The van der Waals surface area contributed by atoms with Crippen molar-refractivity contribution in [3.05, 3.63) is 24.8 Å². The zero-order valence-corrected chi connectivity index (χ0v) is 33.4. The van der Waals surface area contributed by atoms with Gasteiger partial charge in [-0.2, -0.15) is 0 Å². The minimum absolute atomic E-state index is 0.283.